The molecule has 0 saturated carbocycles. The van der Waals surface area contributed by atoms with E-state index in [4.69, 9.17) is 17.1 Å². The van der Waals surface area contributed by atoms with Gasteiger partial charge in [0.15, 0.2) is 17.4 Å². The zero-order valence-electron chi connectivity index (χ0n) is 11.6. The lowest BCUT2D eigenvalue weighted by Crippen LogP contribution is -1.95. The van der Waals surface area contributed by atoms with E-state index in [1.807, 2.05) is 13.8 Å². The minimum Gasteiger partial charge on any atom is -0.564 e. The van der Waals surface area contributed by atoms with Gasteiger partial charge in [-0.15, -0.1) is 11.3 Å². The number of hydrogen-bond donors (Lipinski definition) is 0. The van der Waals surface area contributed by atoms with Crippen LogP contribution in [0.4, 0.5) is 0 Å². The first-order chi connectivity index (χ1) is 9.47. The fourth-order valence-electron chi connectivity index (χ4n) is 1.74. The van der Waals surface area contributed by atoms with Crippen LogP contribution < -0.4 is 0 Å². The maximum absolute atomic E-state index is 9.40. The molecule has 0 bridgehead atoms. The van der Waals surface area contributed by atoms with Crippen molar-refractivity contribution in [1.82, 2.24) is 9.97 Å². The summed E-state index contributed by atoms with van der Waals surface area (Å²) in [6, 6.07) is 2.08. The Labute approximate surface area is 122 Å². The maximum atomic E-state index is 9.40. The lowest BCUT2D eigenvalue weighted by atomic mass is 10.2. The van der Waals surface area contributed by atoms with E-state index in [1.165, 1.54) is 11.3 Å². The Balaban J connectivity index is 2.66. The van der Waals surface area contributed by atoms with Gasteiger partial charge in [0.05, 0.1) is 11.4 Å². The number of nitrogens with zero attached hydrogens (tertiary/aromatic N) is 3. The fraction of sp³-hybridized carbons (Fsp3) is 0.308. The Kier molecular flexibility index (Phi) is 3.95. The number of nitriles is 1. The number of hydrogen-bond acceptors (Lipinski definition) is 6. The highest BCUT2D eigenvalue weighted by Gasteiger charge is 2.21. The largest absolute Gasteiger partial charge is 0.564 e. The highest BCUT2D eigenvalue weighted by atomic mass is 32.1. The summed E-state index contributed by atoms with van der Waals surface area (Å²) in [4.78, 5) is 9.54. The van der Waals surface area contributed by atoms with E-state index in [0.717, 1.165) is 10.6 Å². The van der Waals surface area contributed by atoms with Crippen LogP contribution in [0.5, 0.6) is 0 Å². The molecule has 0 fully saturated rings. The zero-order chi connectivity index (χ0) is 14.9. The maximum Gasteiger partial charge on any atom is 0.374 e. The Morgan fingerprint density at radius 2 is 1.95 bits per heavy atom. The predicted molar refractivity (Wildman–Crippen MR) is 76.8 cm³/mol. The monoisotopic (exact) mass is 285 g/mol. The molecular weight excluding hydrogens is 273 g/mol. The molecule has 0 spiro atoms. The van der Waals surface area contributed by atoms with Crippen molar-refractivity contribution in [2.24, 2.45) is 0 Å². The van der Waals surface area contributed by atoms with Gasteiger partial charge in [-0.3, -0.25) is 0 Å². The van der Waals surface area contributed by atoms with Gasteiger partial charge in [-0.25, -0.2) is 9.97 Å². The molecule has 2 rings (SSSR count). The molecule has 0 aliphatic rings. The molecule has 0 saturated heterocycles. The molecule has 5 nitrogen and oxygen atoms in total. The van der Waals surface area contributed by atoms with Gasteiger partial charge < -0.3 is 9.07 Å². The summed E-state index contributed by atoms with van der Waals surface area (Å²) < 4.78 is 10.3. The van der Waals surface area contributed by atoms with Gasteiger partial charge in [0, 0.05) is 11.8 Å². The Morgan fingerprint density at radius 1 is 1.25 bits per heavy atom. The molecule has 0 aliphatic heterocycles. The summed E-state index contributed by atoms with van der Waals surface area (Å²) in [6.45, 7) is 7.31. The first kappa shape index (κ1) is 14.3. The molecule has 20 heavy (non-hydrogen) atoms. The lowest BCUT2D eigenvalue weighted by molar-refractivity contribution is 0.469. The third-order valence-corrected chi connectivity index (χ3v) is 3.90. The highest BCUT2D eigenvalue weighted by Crippen LogP contribution is 2.32. The van der Waals surface area contributed by atoms with Crippen LogP contribution in [0.15, 0.2) is 4.42 Å². The van der Waals surface area contributed by atoms with Crippen molar-refractivity contribution in [2.75, 3.05) is 0 Å². The summed E-state index contributed by atoms with van der Waals surface area (Å²) in [5, 5.41) is 9.95. The van der Waals surface area contributed by atoms with Gasteiger partial charge >= 0.3 is 8.05 Å². The number of rotatable bonds is 3. The van der Waals surface area contributed by atoms with Gasteiger partial charge in [0.2, 0.25) is 0 Å². The van der Waals surface area contributed by atoms with Gasteiger partial charge in [0.1, 0.15) is 16.6 Å². The fourth-order valence-corrected chi connectivity index (χ4v) is 2.65. The summed E-state index contributed by atoms with van der Waals surface area (Å²) in [5.41, 5.74) is 1.73. The van der Waals surface area contributed by atoms with Gasteiger partial charge in [-0.05, 0) is 20.8 Å². The first-order valence-electron chi connectivity index (χ1n) is 5.87. The molecule has 2 radical (unpaired) electrons. The first-order valence-corrected chi connectivity index (χ1v) is 6.69. The van der Waals surface area contributed by atoms with E-state index < -0.39 is 0 Å². The van der Waals surface area contributed by atoms with Crippen molar-refractivity contribution in [1.29, 1.82) is 5.26 Å². The van der Waals surface area contributed by atoms with Crippen LogP contribution in [0.2, 0.25) is 0 Å². The second-order valence-electron chi connectivity index (χ2n) is 4.24. The number of thiazole rings is 1. The van der Waals surface area contributed by atoms with E-state index in [1.54, 1.807) is 13.8 Å². The van der Waals surface area contributed by atoms with Gasteiger partial charge in [-0.1, -0.05) is 0 Å². The van der Waals surface area contributed by atoms with Crippen LogP contribution >= 0.6 is 11.3 Å². The van der Waals surface area contributed by atoms with Crippen molar-refractivity contribution in [3.8, 4) is 6.07 Å². The Hall–Kier alpha value is -2.07. The average Bonchev–Trinajstić information content (AvgIpc) is 2.89. The third-order valence-electron chi connectivity index (χ3n) is 2.81. The van der Waals surface area contributed by atoms with Gasteiger partial charge in [0.25, 0.3) is 0 Å². The van der Waals surface area contributed by atoms with E-state index in [9.17, 15) is 5.26 Å². The molecule has 0 aromatic carbocycles. The topological polar surface area (TPSA) is 71.9 Å². The normalized spacial score (nSPS) is 11.9. The number of allylic oxidation sites excluding steroid dienone is 1. The molecule has 0 aliphatic carbocycles. The van der Waals surface area contributed by atoms with E-state index in [-0.39, 0.29) is 11.3 Å². The predicted octanol–water partition coefficient (Wildman–Crippen LogP) is 2.86. The summed E-state index contributed by atoms with van der Waals surface area (Å²) in [6.07, 6.45) is 0. The standard InChI is InChI=1S/C13H12BN3O2S/c1-6-8(3)20-13(17-6)10(5-15)12(19-14)11-7(2)16-9(4)18-11/h1-4H3. The SMILES string of the molecule is [B]OC(=C(C#N)c1nc(C)c(C)s1)c1oc(C)nc1C. The molecule has 0 N–H and O–H groups in total. The molecule has 2 aromatic rings. The third kappa shape index (κ3) is 2.47. The van der Waals surface area contributed by atoms with Crippen molar-refractivity contribution in [3.63, 3.8) is 0 Å². The lowest BCUT2D eigenvalue weighted by Gasteiger charge is -2.06. The zero-order valence-corrected chi connectivity index (χ0v) is 12.5. The van der Waals surface area contributed by atoms with Crippen LogP contribution in [0.1, 0.15) is 32.9 Å². The molecule has 0 unspecified atom stereocenters. The Morgan fingerprint density at radius 3 is 2.35 bits per heavy atom. The second kappa shape index (κ2) is 5.51. The smallest absolute Gasteiger partial charge is 0.374 e. The van der Waals surface area contributed by atoms with Crippen molar-refractivity contribution in [3.05, 3.63) is 32.9 Å². The van der Waals surface area contributed by atoms with Crippen LogP contribution in [-0.2, 0) is 4.65 Å². The quantitative estimate of drug-likeness (QED) is 0.492. The summed E-state index contributed by atoms with van der Waals surface area (Å²) in [7, 11) is 5.32. The number of aryl methyl sites for hydroxylation is 4. The molecule has 2 aromatic heterocycles. The second-order valence-corrected chi connectivity index (χ2v) is 5.45. The van der Waals surface area contributed by atoms with Gasteiger partial charge in [-0.2, -0.15) is 5.26 Å². The van der Waals surface area contributed by atoms with Crippen LogP contribution in [0.25, 0.3) is 11.3 Å². The molecule has 100 valence electrons. The van der Waals surface area contributed by atoms with Crippen LogP contribution in [-0.4, -0.2) is 18.0 Å². The minimum absolute atomic E-state index is 0.152. The van der Waals surface area contributed by atoms with E-state index in [0.29, 0.717) is 22.4 Å². The molecule has 7 heteroatoms. The summed E-state index contributed by atoms with van der Waals surface area (Å²) >= 11 is 1.41. The van der Waals surface area contributed by atoms with Crippen molar-refractivity contribution in [2.45, 2.75) is 27.7 Å². The Bertz CT molecular complexity index is 705. The molecule has 0 atom stereocenters. The van der Waals surface area contributed by atoms with Crippen LogP contribution in [0, 0.1) is 39.0 Å². The van der Waals surface area contributed by atoms with Crippen LogP contribution in [0.3, 0.4) is 0 Å². The van der Waals surface area contributed by atoms with Crippen molar-refractivity contribution < 1.29 is 9.07 Å². The van der Waals surface area contributed by atoms with Crippen molar-refractivity contribution >= 4 is 30.7 Å². The number of aromatic nitrogens is 2. The van der Waals surface area contributed by atoms with E-state index >= 15 is 0 Å². The minimum atomic E-state index is 0.152. The highest BCUT2D eigenvalue weighted by molar-refractivity contribution is 7.13. The number of oxazole rings is 1. The molecular formula is C13H12BN3O2S. The van der Waals surface area contributed by atoms with E-state index in [2.05, 4.69) is 16.0 Å². The molecule has 2 heterocycles. The average molecular weight is 285 g/mol. The summed E-state index contributed by atoms with van der Waals surface area (Å²) in [5.74, 6) is 0.988. The molecule has 0 amide bonds.